The number of carbonyl (C=O) groups is 3. The van der Waals surface area contributed by atoms with Gasteiger partial charge in [-0.1, -0.05) is 267 Å². The number of hydrogen-bond acceptors (Lipinski definition) is 6. The van der Waals surface area contributed by atoms with Crippen molar-refractivity contribution in [2.75, 3.05) is 13.2 Å². The van der Waals surface area contributed by atoms with Gasteiger partial charge < -0.3 is 14.2 Å². The largest absolute Gasteiger partial charge is 0.462 e. The second-order valence-electron chi connectivity index (χ2n) is 19.9. The number of ether oxygens (including phenoxy) is 3. The molecule has 0 aliphatic carbocycles. The van der Waals surface area contributed by atoms with E-state index in [9.17, 15) is 14.4 Å². The van der Waals surface area contributed by atoms with Gasteiger partial charge in [0.15, 0.2) is 6.10 Å². The molecule has 0 heterocycles. The molecule has 0 aromatic heterocycles. The molecule has 1 unspecified atom stereocenters. The lowest BCUT2D eigenvalue weighted by molar-refractivity contribution is -0.167. The highest BCUT2D eigenvalue weighted by Gasteiger charge is 2.19. The summed E-state index contributed by atoms with van der Waals surface area (Å²) in [6.45, 7) is 6.44. The van der Waals surface area contributed by atoms with E-state index in [0.29, 0.717) is 19.3 Å². The van der Waals surface area contributed by atoms with Crippen LogP contribution in [0.2, 0.25) is 0 Å². The van der Waals surface area contributed by atoms with Crippen LogP contribution < -0.4 is 0 Å². The second kappa shape index (κ2) is 58.4. The fourth-order valence-corrected chi connectivity index (χ4v) is 8.53. The molecule has 404 valence electrons. The molecule has 0 saturated heterocycles. The minimum atomic E-state index is -0.784. The number of unbranched alkanes of at least 4 members (excludes halogenated alkanes) is 31. The summed E-state index contributed by atoms with van der Waals surface area (Å²) in [6, 6.07) is 0. The molecule has 6 heteroatoms. The van der Waals surface area contributed by atoms with E-state index in [1.807, 2.05) is 0 Å². The zero-order chi connectivity index (χ0) is 50.7. The van der Waals surface area contributed by atoms with E-state index < -0.39 is 6.10 Å². The average Bonchev–Trinajstić information content (AvgIpc) is 3.36. The third kappa shape index (κ3) is 55.8. The maximum absolute atomic E-state index is 12.9. The van der Waals surface area contributed by atoms with E-state index >= 15 is 0 Å². The maximum Gasteiger partial charge on any atom is 0.306 e. The Morgan fingerprint density at radius 1 is 0.300 bits per heavy atom. The van der Waals surface area contributed by atoms with E-state index in [4.69, 9.17) is 14.2 Å². The average molecular weight is 978 g/mol. The van der Waals surface area contributed by atoms with Crippen molar-refractivity contribution >= 4 is 17.9 Å². The fraction of sp³-hybridized carbons (Fsp3) is 0.766. The normalized spacial score (nSPS) is 12.6. The van der Waals surface area contributed by atoms with E-state index in [1.54, 1.807) is 0 Å². The van der Waals surface area contributed by atoms with Crippen LogP contribution in [0.1, 0.15) is 297 Å². The fourth-order valence-electron chi connectivity index (χ4n) is 8.53. The molecule has 6 nitrogen and oxygen atoms in total. The number of rotatable bonds is 54. The Hall–Kier alpha value is -3.15. The molecule has 0 bridgehead atoms. The first-order valence-corrected chi connectivity index (χ1v) is 29.9. The molecule has 0 aromatic rings. The first-order valence-electron chi connectivity index (χ1n) is 29.9. The minimum absolute atomic E-state index is 0.0820. The van der Waals surface area contributed by atoms with Crippen LogP contribution in [0.25, 0.3) is 0 Å². The summed E-state index contributed by atoms with van der Waals surface area (Å²) in [5, 5.41) is 0. The predicted octanol–water partition coefficient (Wildman–Crippen LogP) is 20.2. The van der Waals surface area contributed by atoms with Crippen LogP contribution in [0, 0.1) is 0 Å². The lowest BCUT2D eigenvalue weighted by Crippen LogP contribution is -2.30. The van der Waals surface area contributed by atoms with E-state index in [-0.39, 0.29) is 31.1 Å². The van der Waals surface area contributed by atoms with Crippen molar-refractivity contribution in [3.05, 3.63) is 72.9 Å². The third-order valence-corrected chi connectivity index (χ3v) is 13.0. The van der Waals surface area contributed by atoms with Crippen LogP contribution in [0.15, 0.2) is 72.9 Å². The number of hydrogen-bond donors (Lipinski definition) is 0. The van der Waals surface area contributed by atoms with E-state index in [2.05, 4.69) is 93.7 Å². The molecule has 0 amide bonds. The molecule has 1 atom stereocenters. The van der Waals surface area contributed by atoms with Gasteiger partial charge >= 0.3 is 17.9 Å². The summed E-state index contributed by atoms with van der Waals surface area (Å²) in [5.41, 5.74) is 0. The smallest absolute Gasteiger partial charge is 0.306 e. The van der Waals surface area contributed by atoms with Gasteiger partial charge in [0.05, 0.1) is 0 Å². The summed E-state index contributed by atoms with van der Waals surface area (Å²) >= 11 is 0. The SMILES string of the molecule is CC/C=C\C/C=C\C/C=C\C/C=C\CCCCCCCCC(=O)OCC(COC(=O)CCCCCCCCC/C=C\C/C=C\CC)OC(=O)CCCCCCCCCCCCCCCCCCCCC. The number of esters is 3. The summed E-state index contributed by atoms with van der Waals surface area (Å²) < 4.78 is 16.9. The highest BCUT2D eigenvalue weighted by Crippen LogP contribution is 2.17. The molecular formula is C64H112O6. The van der Waals surface area contributed by atoms with Gasteiger partial charge in [0, 0.05) is 19.3 Å². The summed E-state index contributed by atoms with van der Waals surface area (Å²) in [7, 11) is 0. The molecular weight excluding hydrogens is 865 g/mol. The molecule has 0 radical (unpaired) electrons. The molecule has 0 aromatic carbocycles. The Labute approximate surface area is 433 Å². The van der Waals surface area contributed by atoms with Crippen molar-refractivity contribution in [1.82, 2.24) is 0 Å². The summed E-state index contributed by atoms with van der Waals surface area (Å²) in [5.74, 6) is -0.891. The maximum atomic E-state index is 12.9. The van der Waals surface area contributed by atoms with Crippen molar-refractivity contribution in [1.29, 1.82) is 0 Å². The van der Waals surface area contributed by atoms with Crippen LogP contribution in [0.3, 0.4) is 0 Å². The van der Waals surface area contributed by atoms with Crippen LogP contribution in [-0.4, -0.2) is 37.2 Å². The Kier molecular flexibility index (Phi) is 55.8. The summed E-state index contributed by atoms with van der Waals surface area (Å²) in [6.07, 6.45) is 74.7. The van der Waals surface area contributed by atoms with Crippen molar-refractivity contribution in [3.8, 4) is 0 Å². The molecule has 0 fully saturated rings. The number of allylic oxidation sites excluding steroid dienone is 12. The first-order chi connectivity index (χ1) is 34.5. The Morgan fingerprint density at radius 2 is 0.557 bits per heavy atom. The van der Waals surface area contributed by atoms with E-state index in [1.165, 1.54) is 148 Å². The minimum Gasteiger partial charge on any atom is -0.462 e. The van der Waals surface area contributed by atoms with Crippen LogP contribution in [0.5, 0.6) is 0 Å². The van der Waals surface area contributed by atoms with Gasteiger partial charge in [-0.2, -0.15) is 0 Å². The van der Waals surface area contributed by atoms with Crippen molar-refractivity contribution in [2.24, 2.45) is 0 Å². The van der Waals surface area contributed by atoms with Crippen molar-refractivity contribution in [3.63, 3.8) is 0 Å². The Morgan fingerprint density at radius 3 is 0.871 bits per heavy atom. The molecule has 70 heavy (non-hydrogen) atoms. The lowest BCUT2D eigenvalue weighted by Gasteiger charge is -2.18. The highest BCUT2D eigenvalue weighted by molar-refractivity contribution is 5.71. The molecule has 0 aliphatic heterocycles. The third-order valence-electron chi connectivity index (χ3n) is 13.0. The number of carbonyl (C=O) groups excluding carboxylic acids is 3. The molecule has 0 N–H and O–H groups in total. The van der Waals surface area contributed by atoms with Crippen molar-refractivity contribution < 1.29 is 28.6 Å². The monoisotopic (exact) mass is 977 g/mol. The summed E-state index contributed by atoms with van der Waals surface area (Å²) in [4.78, 5) is 38.2. The van der Waals surface area contributed by atoms with Gasteiger partial charge in [-0.15, -0.1) is 0 Å². The molecule has 0 saturated carbocycles. The topological polar surface area (TPSA) is 78.9 Å². The molecule has 0 aliphatic rings. The molecule has 0 spiro atoms. The van der Waals surface area contributed by atoms with Gasteiger partial charge in [-0.05, 0) is 83.5 Å². The van der Waals surface area contributed by atoms with Gasteiger partial charge in [0.2, 0.25) is 0 Å². The standard InChI is InChI=1S/C64H112O6/c1-4-7-10-13-16-19-22-25-28-30-32-34-36-39-42-45-48-51-54-57-63(66)69-60-61(59-68-62(65)56-53-50-47-44-41-38-27-24-21-18-15-12-9-6-3)70-64(67)58-55-52-49-46-43-40-37-35-33-31-29-26-23-20-17-14-11-8-5-2/h7,9-10,12,16,18-19,21,25,28,32,34,61H,4-6,8,11,13-15,17,20,22-24,26-27,29-31,33,35-60H2,1-3H3/b10-7-,12-9-,19-16-,21-18-,28-25-,34-32-. The van der Waals surface area contributed by atoms with Crippen molar-refractivity contribution in [2.45, 2.75) is 303 Å². The zero-order valence-electron chi connectivity index (χ0n) is 46.3. The van der Waals surface area contributed by atoms with Gasteiger partial charge in [-0.25, -0.2) is 0 Å². The van der Waals surface area contributed by atoms with Crippen LogP contribution in [-0.2, 0) is 28.6 Å². The van der Waals surface area contributed by atoms with Gasteiger partial charge in [0.1, 0.15) is 13.2 Å². The zero-order valence-corrected chi connectivity index (χ0v) is 46.3. The van der Waals surface area contributed by atoms with Crippen LogP contribution >= 0.6 is 0 Å². The second-order valence-corrected chi connectivity index (χ2v) is 19.9. The quantitative estimate of drug-likeness (QED) is 0.0261. The van der Waals surface area contributed by atoms with Gasteiger partial charge in [0.25, 0.3) is 0 Å². The van der Waals surface area contributed by atoms with Gasteiger partial charge in [-0.3, -0.25) is 14.4 Å². The predicted molar refractivity (Wildman–Crippen MR) is 302 cm³/mol. The van der Waals surface area contributed by atoms with Crippen LogP contribution in [0.4, 0.5) is 0 Å². The Bertz CT molecular complexity index is 1310. The first kappa shape index (κ1) is 66.9. The van der Waals surface area contributed by atoms with E-state index in [0.717, 1.165) is 109 Å². The Balaban J connectivity index is 4.37. The molecule has 0 rings (SSSR count). The lowest BCUT2D eigenvalue weighted by atomic mass is 10.0. The highest BCUT2D eigenvalue weighted by atomic mass is 16.6.